The minimum absolute atomic E-state index is 0.719. The van der Waals surface area contributed by atoms with Gasteiger partial charge in [0.05, 0.1) is 0 Å². The third kappa shape index (κ3) is 2.80. The van der Waals surface area contributed by atoms with Crippen molar-refractivity contribution in [2.75, 3.05) is 0 Å². The van der Waals surface area contributed by atoms with Gasteiger partial charge >= 0.3 is 0 Å². The van der Waals surface area contributed by atoms with Crippen LogP contribution < -0.4 is 5.32 Å². The van der Waals surface area contributed by atoms with Crippen LogP contribution in [0.15, 0.2) is 6.07 Å². The van der Waals surface area contributed by atoms with Gasteiger partial charge in [-0.05, 0) is 56.6 Å². The Hall–Kier alpha value is -0.760. The first-order chi connectivity index (χ1) is 8.49. The molecule has 2 nitrogen and oxygen atoms in total. The highest BCUT2D eigenvalue weighted by Crippen LogP contribution is 2.29. The molecule has 1 aliphatic carbocycles. The van der Waals surface area contributed by atoms with Crippen molar-refractivity contribution in [2.45, 2.75) is 59.5 Å². The van der Waals surface area contributed by atoms with Crippen LogP contribution in [0.1, 0.15) is 50.1 Å². The van der Waals surface area contributed by atoms with Crippen molar-refractivity contribution in [1.29, 1.82) is 0 Å². The molecule has 2 heteroatoms. The molecule has 0 saturated heterocycles. The fourth-order valence-electron chi connectivity index (χ4n) is 3.10. The van der Waals surface area contributed by atoms with Gasteiger partial charge < -0.3 is 9.88 Å². The number of nitrogens with one attached hydrogen (secondary N) is 1. The summed E-state index contributed by atoms with van der Waals surface area (Å²) in [7, 11) is 2.15. The second-order valence-corrected chi connectivity index (χ2v) is 6.30. The van der Waals surface area contributed by atoms with Crippen LogP contribution in [0, 0.1) is 25.7 Å². The van der Waals surface area contributed by atoms with Gasteiger partial charge in [-0.25, -0.2) is 0 Å². The summed E-state index contributed by atoms with van der Waals surface area (Å²) >= 11 is 0. The number of hydrogen-bond donors (Lipinski definition) is 1. The van der Waals surface area contributed by atoms with Gasteiger partial charge in [-0.2, -0.15) is 0 Å². The zero-order valence-electron chi connectivity index (χ0n) is 12.6. The third-order valence-electron chi connectivity index (χ3n) is 5.06. The van der Waals surface area contributed by atoms with Gasteiger partial charge in [-0.3, -0.25) is 0 Å². The van der Waals surface area contributed by atoms with E-state index < -0.39 is 0 Å². The van der Waals surface area contributed by atoms with Gasteiger partial charge in [-0.1, -0.05) is 13.8 Å². The molecule has 102 valence electrons. The number of aromatic nitrogens is 1. The molecule has 0 aliphatic heterocycles. The summed E-state index contributed by atoms with van der Waals surface area (Å²) < 4.78 is 2.28. The fourth-order valence-corrected chi connectivity index (χ4v) is 3.10. The molecule has 0 amide bonds. The maximum Gasteiger partial charge on any atom is 0.0225 e. The first-order valence-corrected chi connectivity index (χ1v) is 7.34. The minimum atomic E-state index is 0.719. The Balaban J connectivity index is 1.90. The van der Waals surface area contributed by atoms with Crippen LogP contribution in [-0.4, -0.2) is 10.6 Å². The van der Waals surface area contributed by atoms with Gasteiger partial charge in [-0.15, -0.1) is 0 Å². The van der Waals surface area contributed by atoms with E-state index in [9.17, 15) is 0 Å². The second-order valence-electron chi connectivity index (χ2n) is 6.30. The van der Waals surface area contributed by atoms with Crippen LogP contribution in [0.5, 0.6) is 0 Å². The van der Waals surface area contributed by atoms with Crippen molar-refractivity contribution in [1.82, 2.24) is 9.88 Å². The fraction of sp³-hybridized carbons (Fsp3) is 0.750. The first-order valence-electron chi connectivity index (χ1n) is 7.34. The van der Waals surface area contributed by atoms with Crippen molar-refractivity contribution >= 4 is 0 Å². The SMILES string of the molecule is Cc1cc(CNC2CCC(C)C(C)C2)c(C)n1C. The molecule has 18 heavy (non-hydrogen) atoms. The van der Waals surface area contributed by atoms with Crippen LogP contribution in [0.2, 0.25) is 0 Å². The highest BCUT2D eigenvalue weighted by atomic mass is 15.0. The molecule has 0 radical (unpaired) electrons. The third-order valence-corrected chi connectivity index (χ3v) is 5.06. The molecule has 1 fully saturated rings. The standard InChI is InChI=1S/C16H28N2/c1-11-6-7-16(8-12(11)2)17-10-15-9-13(3)18(5)14(15)4/h9,11-12,16-17H,6-8,10H2,1-5H3. The average molecular weight is 248 g/mol. The summed E-state index contributed by atoms with van der Waals surface area (Å²) in [4.78, 5) is 0. The zero-order chi connectivity index (χ0) is 13.3. The van der Waals surface area contributed by atoms with E-state index in [1.165, 1.54) is 36.2 Å². The molecular weight excluding hydrogens is 220 g/mol. The van der Waals surface area contributed by atoms with Crippen LogP contribution in [0.25, 0.3) is 0 Å². The Kier molecular flexibility index (Phi) is 4.16. The maximum atomic E-state index is 3.76. The lowest BCUT2D eigenvalue weighted by Gasteiger charge is -2.32. The molecule has 3 atom stereocenters. The molecule has 0 spiro atoms. The molecular formula is C16H28N2. The highest BCUT2D eigenvalue weighted by Gasteiger charge is 2.24. The van der Waals surface area contributed by atoms with Gasteiger partial charge in [0.2, 0.25) is 0 Å². The van der Waals surface area contributed by atoms with Crippen molar-refractivity contribution in [3.05, 3.63) is 23.0 Å². The van der Waals surface area contributed by atoms with Gasteiger partial charge in [0.1, 0.15) is 0 Å². The van der Waals surface area contributed by atoms with Crippen LogP contribution in [-0.2, 0) is 13.6 Å². The predicted octanol–water partition coefficient (Wildman–Crippen LogP) is 3.56. The van der Waals surface area contributed by atoms with E-state index in [0.29, 0.717) is 0 Å². The van der Waals surface area contributed by atoms with E-state index in [1.54, 1.807) is 0 Å². The lowest BCUT2D eigenvalue weighted by atomic mass is 9.79. The van der Waals surface area contributed by atoms with Crippen LogP contribution in [0.4, 0.5) is 0 Å². The summed E-state index contributed by atoms with van der Waals surface area (Å²) in [5.41, 5.74) is 4.22. The van der Waals surface area contributed by atoms with E-state index in [1.807, 2.05) is 0 Å². The molecule has 1 heterocycles. The molecule has 1 N–H and O–H groups in total. The Morgan fingerprint density at radius 3 is 2.50 bits per heavy atom. The van der Waals surface area contributed by atoms with Gasteiger partial charge in [0, 0.05) is 31.0 Å². The van der Waals surface area contributed by atoms with E-state index in [-0.39, 0.29) is 0 Å². The molecule has 1 aliphatic rings. The molecule has 1 aromatic rings. The predicted molar refractivity (Wildman–Crippen MR) is 77.7 cm³/mol. The van der Waals surface area contributed by atoms with Gasteiger partial charge in [0.15, 0.2) is 0 Å². The van der Waals surface area contributed by atoms with E-state index in [0.717, 1.165) is 24.4 Å². The monoisotopic (exact) mass is 248 g/mol. The van der Waals surface area contributed by atoms with Crippen LogP contribution in [0.3, 0.4) is 0 Å². The summed E-state index contributed by atoms with van der Waals surface area (Å²) in [5.74, 6) is 1.78. The molecule has 2 rings (SSSR count). The molecule has 1 aromatic heterocycles. The summed E-state index contributed by atoms with van der Waals surface area (Å²) in [6, 6.07) is 3.04. The first kappa shape index (κ1) is 13.7. The Labute approximate surface area is 112 Å². The maximum absolute atomic E-state index is 3.76. The summed E-state index contributed by atoms with van der Waals surface area (Å²) in [6.07, 6.45) is 4.06. The molecule has 0 aromatic carbocycles. The minimum Gasteiger partial charge on any atom is -0.352 e. The van der Waals surface area contributed by atoms with Crippen molar-refractivity contribution in [2.24, 2.45) is 18.9 Å². The van der Waals surface area contributed by atoms with Crippen molar-refractivity contribution in [3.8, 4) is 0 Å². The number of aryl methyl sites for hydroxylation is 1. The summed E-state index contributed by atoms with van der Waals surface area (Å²) in [6.45, 7) is 10.2. The normalized spacial score (nSPS) is 28.6. The lowest BCUT2D eigenvalue weighted by Crippen LogP contribution is -2.35. The van der Waals surface area contributed by atoms with Crippen molar-refractivity contribution < 1.29 is 0 Å². The van der Waals surface area contributed by atoms with E-state index in [2.05, 4.69) is 50.7 Å². The Morgan fingerprint density at radius 2 is 1.94 bits per heavy atom. The lowest BCUT2D eigenvalue weighted by molar-refractivity contribution is 0.225. The smallest absolute Gasteiger partial charge is 0.0225 e. The van der Waals surface area contributed by atoms with Crippen LogP contribution >= 0.6 is 0 Å². The van der Waals surface area contributed by atoms with E-state index >= 15 is 0 Å². The zero-order valence-corrected chi connectivity index (χ0v) is 12.6. The summed E-state index contributed by atoms with van der Waals surface area (Å²) in [5, 5.41) is 3.76. The largest absolute Gasteiger partial charge is 0.352 e. The second kappa shape index (κ2) is 5.48. The molecule has 1 saturated carbocycles. The van der Waals surface area contributed by atoms with E-state index in [4.69, 9.17) is 0 Å². The van der Waals surface area contributed by atoms with Gasteiger partial charge in [0.25, 0.3) is 0 Å². The van der Waals surface area contributed by atoms with Crippen molar-refractivity contribution in [3.63, 3.8) is 0 Å². The highest BCUT2D eigenvalue weighted by molar-refractivity contribution is 5.26. The topological polar surface area (TPSA) is 17.0 Å². The number of hydrogen-bond acceptors (Lipinski definition) is 1. The number of rotatable bonds is 3. The average Bonchev–Trinajstić information content (AvgIpc) is 2.58. The number of nitrogens with zero attached hydrogens (tertiary/aromatic N) is 1. The Bertz CT molecular complexity index is 405. The quantitative estimate of drug-likeness (QED) is 0.865. The molecule has 0 bridgehead atoms. The molecule has 3 unspecified atom stereocenters. The Morgan fingerprint density at radius 1 is 1.22 bits per heavy atom.